The molecule has 3 aromatic rings. The Morgan fingerprint density at radius 2 is 1.63 bits per heavy atom. The maximum atomic E-state index is 9.41. The number of hydrogen-bond acceptors (Lipinski definition) is 3. The van der Waals surface area contributed by atoms with Gasteiger partial charge in [-0.2, -0.15) is 0 Å². The second kappa shape index (κ2) is 10.2. The summed E-state index contributed by atoms with van der Waals surface area (Å²) in [6, 6.07) is 21.9. The van der Waals surface area contributed by atoms with Crippen molar-refractivity contribution in [2.24, 2.45) is 11.8 Å². The molecule has 5 rings (SSSR count). The molecule has 161 valence electrons. The number of nitrogens with zero attached hydrogens (tertiary/aromatic N) is 1. The van der Waals surface area contributed by atoms with E-state index >= 15 is 0 Å². The maximum Gasteiger partial charge on any atom is 0.0598 e. The molecule has 1 aromatic heterocycles. The number of benzene rings is 2. The first kappa shape index (κ1) is 23.1. The van der Waals surface area contributed by atoms with Gasteiger partial charge in [0, 0.05) is 26.0 Å². The van der Waals surface area contributed by atoms with Gasteiger partial charge < -0.3 is 10.2 Å². The van der Waals surface area contributed by atoms with Crippen molar-refractivity contribution in [3.63, 3.8) is 0 Å². The van der Waals surface area contributed by atoms with Gasteiger partial charge in [-0.05, 0) is 60.2 Å². The minimum Gasteiger partial charge on any atom is -0.393 e. The zero-order chi connectivity index (χ0) is 20.4. The van der Waals surface area contributed by atoms with Crippen LogP contribution in [0.4, 0.5) is 0 Å². The van der Waals surface area contributed by atoms with Crippen LogP contribution < -0.4 is 0 Å². The predicted molar refractivity (Wildman–Crippen MR) is 118 cm³/mol. The number of aliphatic hydroxyl groups excluding tert-OH is 2. The molecule has 1 radical (unpaired) electrons. The average molecular weight is 581 g/mol. The molecule has 0 bridgehead atoms. The van der Waals surface area contributed by atoms with E-state index in [2.05, 4.69) is 50.2 Å². The summed E-state index contributed by atoms with van der Waals surface area (Å²) in [5, 5.41) is 20.0. The maximum absolute atomic E-state index is 9.41. The van der Waals surface area contributed by atoms with Crippen molar-refractivity contribution in [1.29, 1.82) is 0 Å². The van der Waals surface area contributed by atoms with Crippen molar-refractivity contribution in [2.75, 3.05) is 0 Å². The average Bonchev–Trinajstić information content (AvgIpc) is 3.31. The molecule has 4 heteroatoms. The van der Waals surface area contributed by atoms with Gasteiger partial charge in [-0.1, -0.05) is 38.1 Å². The third-order valence-corrected chi connectivity index (χ3v) is 6.47. The van der Waals surface area contributed by atoms with E-state index in [1.165, 1.54) is 10.9 Å². The minimum atomic E-state index is -0.206. The zero-order valence-corrected chi connectivity index (χ0v) is 20.0. The number of aliphatic hydroxyl groups is 2. The number of rotatable bonds is 2. The van der Waals surface area contributed by atoms with Gasteiger partial charge in [0.05, 0.1) is 17.7 Å². The summed E-state index contributed by atoms with van der Waals surface area (Å²) in [7, 11) is 0. The van der Waals surface area contributed by atoms with Crippen LogP contribution in [0.25, 0.3) is 22.2 Å². The molecule has 2 fully saturated rings. The van der Waals surface area contributed by atoms with Crippen molar-refractivity contribution in [2.45, 2.75) is 57.7 Å². The largest absolute Gasteiger partial charge is 0.393 e. The van der Waals surface area contributed by atoms with Gasteiger partial charge in [0.1, 0.15) is 0 Å². The van der Waals surface area contributed by atoms with E-state index in [0.717, 1.165) is 42.5 Å². The van der Waals surface area contributed by atoms with Crippen LogP contribution in [-0.4, -0.2) is 27.4 Å². The summed E-state index contributed by atoms with van der Waals surface area (Å²) in [4.78, 5) is 4.76. The number of hydrogen-bond donors (Lipinski definition) is 2. The zero-order valence-electron chi connectivity index (χ0n) is 17.6. The van der Waals surface area contributed by atoms with Crippen LogP contribution in [0, 0.1) is 17.9 Å². The molecule has 2 aliphatic carbocycles. The van der Waals surface area contributed by atoms with Crippen LogP contribution in [0.15, 0.2) is 54.6 Å². The summed E-state index contributed by atoms with van der Waals surface area (Å²) in [6.07, 6.45) is 3.66. The number of aromatic nitrogens is 1. The Bertz CT molecular complexity index is 946. The molecule has 2 unspecified atom stereocenters. The normalized spacial score (nSPS) is 24.8. The molecule has 2 atom stereocenters. The fourth-order valence-corrected chi connectivity index (χ4v) is 4.76. The first-order valence-electron chi connectivity index (χ1n) is 10.8. The molecule has 2 N–H and O–H groups in total. The van der Waals surface area contributed by atoms with Gasteiger partial charge in [0.2, 0.25) is 0 Å². The van der Waals surface area contributed by atoms with E-state index < -0.39 is 0 Å². The molecule has 2 aliphatic rings. The van der Waals surface area contributed by atoms with Crippen LogP contribution in [0.2, 0.25) is 0 Å². The van der Waals surface area contributed by atoms with Crippen molar-refractivity contribution in [3.8, 4) is 11.3 Å². The summed E-state index contributed by atoms with van der Waals surface area (Å²) in [6.45, 7) is 4.41. The summed E-state index contributed by atoms with van der Waals surface area (Å²) < 4.78 is 0. The summed E-state index contributed by atoms with van der Waals surface area (Å²) >= 11 is 0. The Morgan fingerprint density at radius 1 is 0.933 bits per heavy atom. The summed E-state index contributed by atoms with van der Waals surface area (Å²) in [5.41, 5.74) is 4.41. The Balaban J connectivity index is 0.000000197. The first-order chi connectivity index (χ1) is 14.0. The Labute approximate surface area is 192 Å². The third-order valence-electron chi connectivity index (χ3n) is 6.47. The summed E-state index contributed by atoms with van der Waals surface area (Å²) in [5.74, 6) is 1.38. The Morgan fingerprint density at radius 3 is 2.23 bits per heavy atom. The SMILES string of the molecule is CC(C)c1ccc2ccc(-c3[c-]cccc3)nc2c1.OC1CCC2CCC(O)C12.[Ir]. The van der Waals surface area contributed by atoms with Gasteiger partial charge >= 0.3 is 0 Å². The molecule has 2 saturated carbocycles. The first-order valence-corrected chi connectivity index (χ1v) is 10.8. The second-order valence-electron chi connectivity index (χ2n) is 8.71. The molecular weight excluding hydrogens is 551 g/mol. The fraction of sp³-hybridized carbons (Fsp3) is 0.423. The number of pyridine rings is 1. The van der Waals surface area contributed by atoms with Crippen molar-refractivity contribution in [1.82, 2.24) is 4.98 Å². The van der Waals surface area contributed by atoms with E-state index in [0.29, 0.717) is 11.8 Å². The standard InChI is InChI=1S/C18H16N.C8H14O2.Ir/c1-13(2)16-9-8-15-10-11-17(19-18(15)12-16)14-6-4-3-5-7-14;9-6-3-1-5-2-4-7(10)8(5)6;/h3-6,8-13H,1-2H3;5-10H,1-4H2;/q-1;;. The quantitative estimate of drug-likeness (QED) is 0.402. The van der Waals surface area contributed by atoms with Crippen molar-refractivity contribution < 1.29 is 30.3 Å². The van der Waals surface area contributed by atoms with Gasteiger partial charge in [-0.15, -0.1) is 35.9 Å². The molecule has 0 aliphatic heterocycles. The second-order valence-corrected chi connectivity index (χ2v) is 8.71. The van der Waals surface area contributed by atoms with E-state index in [1.54, 1.807) is 0 Å². The molecule has 1 heterocycles. The van der Waals surface area contributed by atoms with E-state index in [4.69, 9.17) is 4.98 Å². The third kappa shape index (κ3) is 5.00. The molecule has 0 spiro atoms. The minimum absolute atomic E-state index is 0. The van der Waals surface area contributed by atoms with Crippen molar-refractivity contribution >= 4 is 10.9 Å². The Kier molecular flexibility index (Phi) is 7.81. The van der Waals surface area contributed by atoms with Crippen LogP contribution in [-0.2, 0) is 20.1 Å². The predicted octanol–water partition coefficient (Wildman–Crippen LogP) is 5.35. The molecule has 0 saturated heterocycles. The van der Waals surface area contributed by atoms with Gasteiger partial charge in [0.15, 0.2) is 0 Å². The van der Waals surface area contributed by atoms with Crippen molar-refractivity contribution in [3.05, 3.63) is 66.2 Å². The van der Waals surface area contributed by atoms with E-state index in [1.807, 2.05) is 24.3 Å². The molecule has 2 aromatic carbocycles. The monoisotopic (exact) mass is 581 g/mol. The van der Waals surface area contributed by atoms with E-state index in [-0.39, 0.29) is 38.2 Å². The molecule has 0 amide bonds. The van der Waals surface area contributed by atoms with Gasteiger partial charge in [0.25, 0.3) is 0 Å². The topological polar surface area (TPSA) is 53.4 Å². The molecular formula is C26H30IrNO2-. The fourth-order valence-electron chi connectivity index (χ4n) is 4.76. The van der Waals surface area contributed by atoms with E-state index in [9.17, 15) is 10.2 Å². The van der Waals surface area contributed by atoms with Gasteiger partial charge in [-0.3, -0.25) is 4.98 Å². The van der Waals surface area contributed by atoms with Crippen LogP contribution in [0.1, 0.15) is 51.0 Å². The number of fused-ring (bicyclic) bond motifs is 2. The molecule has 30 heavy (non-hydrogen) atoms. The molecule has 3 nitrogen and oxygen atoms in total. The van der Waals surface area contributed by atoms with Crippen LogP contribution in [0.3, 0.4) is 0 Å². The van der Waals surface area contributed by atoms with Crippen LogP contribution >= 0.6 is 0 Å². The van der Waals surface area contributed by atoms with Crippen LogP contribution in [0.5, 0.6) is 0 Å². The van der Waals surface area contributed by atoms with Gasteiger partial charge in [-0.25, -0.2) is 0 Å². The Hall–Kier alpha value is -1.58. The smallest absolute Gasteiger partial charge is 0.0598 e.